The Morgan fingerprint density at radius 3 is 2.90 bits per heavy atom. The summed E-state index contributed by atoms with van der Waals surface area (Å²) in [7, 11) is 0. The summed E-state index contributed by atoms with van der Waals surface area (Å²) >= 11 is 0. The van der Waals surface area contributed by atoms with Crippen LogP contribution in [0.5, 0.6) is 0 Å². The molecule has 0 saturated carbocycles. The van der Waals surface area contributed by atoms with Crippen molar-refractivity contribution in [3.8, 4) is 0 Å². The molecule has 2 N–H and O–H groups in total. The van der Waals surface area contributed by atoms with Crippen molar-refractivity contribution < 1.29 is 8.78 Å². The van der Waals surface area contributed by atoms with E-state index in [1.54, 1.807) is 0 Å². The van der Waals surface area contributed by atoms with Crippen molar-refractivity contribution in [2.45, 2.75) is 32.1 Å². The number of aromatic amines is 1. The summed E-state index contributed by atoms with van der Waals surface area (Å²) in [5.74, 6) is 0.253. The average molecular weight is 279 g/mol. The molecule has 3 rings (SSSR count). The molecule has 2 unspecified atom stereocenters. The summed E-state index contributed by atoms with van der Waals surface area (Å²) in [6, 6.07) is 5.86. The van der Waals surface area contributed by atoms with Crippen LogP contribution in [-0.4, -0.2) is 23.1 Å². The fraction of sp³-hybridized carbons (Fsp3) is 0.533. The number of rotatable bonds is 2. The van der Waals surface area contributed by atoms with E-state index in [2.05, 4.69) is 29.1 Å². The van der Waals surface area contributed by atoms with Crippen LogP contribution in [0.1, 0.15) is 38.1 Å². The summed E-state index contributed by atoms with van der Waals surface area (Å²) in [6.07, 6.45) is -1.51. The van der Waals surface area contributed by atoms with Gasteiger partial charge in [-0.3, -0.25) is 0 Å². The third-order valence-electron chi connectivity index (χ3n) is 4.73. The minimum atomic E-state index is -2.56. The molecule has 2 aromatic rings. The molecule has 0 aliphatic carbocycles. The number of alkyl halides is 2. The number of piperidine rings is 1. The predicted molar refractivity (Wildman–Crippen MR) is 75.1 cm³/mol. The Hall–Kier alpha value is -1.49. The second-order valence-corrected chi connectivity index (χ2v) is 5.93. The highest BCUT2D eigenvalue weighted by molar-refractivity contribution is 5.76. The molecule has 1 aliphatic heterocycles. The predicted octanol–water partition coefficient (Wildman–Crippen LogP) is 3.39. The van der Waals surface area contributed by atoms with E-state index in [-0.39, 0.29) is 11.2 Å². The highest BCUT2D eigenvalue weighted by Crippen LogP contribution is 2.38. The molecule has 1 aliphatic rings. The number of benzene rings is 1. The Kier molecular flexibility index (Phi) is 3.24. The first-order valence-corrected chi connectivity index (χ1v) is 7.00. The van der Waals surface area contributed by atoms with E-state index >= 15 is 0 Å². The molecule has 20 heavy (non-hydrogen) atoms. The summed E-state index contributed by atoms with van der Waals surface area (Å²) < 4.78 is 25.4. The zero-order chi connectivity index (χ0) is 14.3. The molecular formula is C15H19F2N3. The van der Waals surface area contributed by atoms with Crippen LogP contribution in [0.2, 0.25) is 0 Å². The van der Waals surface area contributed by atoms with Gasteiger partial charge in [0, 0.05) is 0 Å². The van der Waals surface area contributed by atoms with Crippen molar-refractivity contribution in [1.29, 1.82) is 0 Å². The number of hydrogen-bond acceptors (Lipinski definition) is 2. The molecule has 1 aromatic carbocycles. The Bertz CT molecular complexity index is 623. The molecule has 2 atom stereocenters. The first-order chi connectivity index (χ1) is 9.50. The fourth-order valence-corrected chi connectivity index (χ4v) is 3.05. The van der Waals surface area contributed by atoms with Crippen LogP contribution in [0.3, 0.4) is 0 Å². The van der Waals surface area contributed by atoms with Crippen LogP contribution < -0.4 is 5.32 Å². The van der Waals surface area contributed by atoms with E-state index in [1.807, 2.05) is 18.2 Å². The monoisotopic (exact) mass is 279 g/mol. The van der Waals surface area contributed by atoms with Gasteiger partial charge in [0.2, 0.25) is 0 Å². The lowest BCUT2D eigenvalue weighted by Gasteiger charge is -2.40. The molecule has 1 saturated heterocycles. The Balaban J connectivity index is 2.03. The lowest BCUT2D eigenvalue weighted by Crippen LogP contribution is -2.44. The molecule has 0 bridgehead atoms. The van der Waals surface area contributed by atoms with E-state index in [4.69, 9.17) is 0 Å². The van der Waals surface area contributed by atoms with Crippen molar-refractivity contribution in [2.75, 3.05) is 13.1 Å². The number of hydrogen-bond donors (Lipinski definition) is 2. The minimum Gasteiger partial charge on any atom is -0.337 e. The number of imidazole rings is 1. The molecule has 2 heterocycles. The number of nitrogens with one attached hydrogen (secondary N) is 2. The first kappa shape index (κ1) is 13.5. The standard InChI is InChI=1S/C15H19F2N3/c1-9-8-18-6-5-15(9,2)10-3-4-11-12(7-10)20-14(19-11)13(16)17/h3-4,7,9,13,18H,5-6,8H2,1-2H3,(H,19,20). The highest BCUT2D eigenvalue weighted by Gasteiger charge is 2.35. The van der Waals surface area contributed by atoms with E-state index in [1.165, 1.54) is 5.56 Å². The molecule has 108 valence electrons. The van der Waals surface area contributed by atoms with Crippen LogP contribution in [0, 0.1) is 5.92 Å². The lowest BCUT2D eigenvalue weighted by atomic mass is 9.68. The maximum Gasteiger partial charge on any atom is 0.295 e. The van der Waals surface area contributed by atoms with Gasteiger partial charge < -0.3 is 10.3 Å². The van der Waals surface area contributed by atoms with Crippen LogP contribution in [-0.2, 0) is 5.41 Å². The number of nitrogens with zero attached hydrogens (tertiary/aromatic N) is 1. The average Bonchev–Trinajstić information content (AvgIpc) is 2.85. The van der Waals surface area contributed by atoms with Gasteiger partial charge in [0.25, 0.3) is 6.43 Å². The molecule has 0 amide bonds. The summed E-state index contributed by atoms with van der Waals surface area (Å²) in [4.78, 5) is 6.68. The zero-order valence-electron chi connectivity index (χ0n) is 11.7. The second-order valence-electron chi connectivity index (χ2n) is 5.93. The zero-order valence-corrected chi connectivity index (χ0v) is 11.7. The quantitative estimate of drug-likeness (QED) is 0.884. The van der Waals surface area contributed by atoms with E-state index in [0.29, 0.717) is 17.0 Å². The van der Waals surface area contributed by atoms with Gasteiger partial charge in [-0.25, -0.2) is 13.8 Å². The summed E-state index contributed by atoms with van der Waals surface area (Å²) in [6.45, 7) is 6.45. The highest BCUT2D eigenvalue weighted by atomic mass is 19.3. The van der Waals surface area contributed by atoms with Crippen molar-refractivity contribution in [1.82, 2.24) is 15.3 Å². The molecule has 1 aromatic heterocycles. The number of halogens is 2. The molecule has 3 nitrogen and oxygen atoms in total. The van der Waals surface area contributed by atoms with Crippen molar-refractivity contribution in [3.05, 3.63) is 29.6 Å². The van der Waals surface area contributed by atoms with Crippen molar-refractivity contribution >= 4 is 11.0 Å². The smallest absolute Gasteiger partial charge is 0.295 e. The Morgan fingerprint density at radius 2 is 2.20 bits per heavy atom. The lowest BCUT2D eigenvalue weighted by molar-refractivity contribution is 0.142. The van der Waals surface area contributed by atoms with Gasteiger partial charge in [-0.1, -0.05) is 19.9 Å². The topological polar surface area (TPSA) is 40.7 Å². The number of aromatic nitrogens is 2. The van der Waals surface area contributed by atoms with Gasteiger partial charge in [-0.05, 0) is 48.5 Å². The van der Waals surface area contributed by atoms with Gasteiger partial charge in [-0.2, -0.15) is 0 Å². The normalized spacial score (nSPS) is 27.4. The van der Waals surface area contributed by atoms with Crippen LogP contribution in [0.4, 0.5) is 8.78 Å². The summed E-state index contributed by atoms with van der Waals surface area (Å²) in [5.41, 5.74) is 2.56. The number of fused-ring (bicyclic) bond motifs is 1. The molecule has 1 fully saturated rings. The maximum absolute atomic E-state index is 12.7. The first-order valence-electron chi connectivity index (χ1n) is 7.00. The van der Waals surface area contributed by atoms with Crippen molar-refractivity contribution in [2.24, 2.45) is 5.92 Å². The van der Waals surface area contributed by atoms with Gasteiger partial charge in [0.1, 0.15) is 0 Å². The molecule has 0 radical (unpaired) electrons. The van der Waals surface area contributed by atoms with E-state index in [0.717, 1.165) is 19.5 Å². The van der Waals surface area contributed by atoms with Crippen molar-refractivity contribution in [3.63, 3.8) is 0 Å². The van der Waals surface area contributed by atoms with E-state index in [9.17, 15) is 8.78 Å². The van der Waals surface area contributed by atoms with Gasteiger partial charge in [0.05, 0.1) is 11.0 Å². The Morgan fingerprint density at radius 1 is 1.40 bits per heavy atom. The van der Waals surface area contributed by atoms with Gasteiger partial charge >= 0.3 is 0 Å². The second kappa shape index (κ2) is 4.81. The van der Waals surface area contributed by atoms with E-state index < -0.39 is 6.43 Å². The van der Waals surface area contributed by atoms with Gasteiger partial charge in [0.15, 0.2) is 5.82 Å². The third kappa shape index (κ3) is 2.10. The Labute approximate surface area is 116 Å². The minimum absolute atomic E-state index is 0.0728. The summed E-state index contributed by atoms with van der Waals surface area (Å²) in [5, 5.41) is 3.39. The van der Waals surface area contributed by atoms with Gasteiger partial charge in [-0.15, -0.1) is 0 Å². The SMILES string of the molecule is CC1CNCCC1(C)c1ccc2[nH]c(C(F)F)nc2c1. The van der Waals surface area contributed by atoms with Crippen LogP contribution in [0.15, 0.2) is 18.2 Å². The molecule has 5 heteroatoms. The molecular weight excluding hydrogens is 260 g/mol. The largest absolute Gasteiger partial charge is 0.337 e. The van der Waals surface area contributed by atoms with Crippen LogP contribution >= 0.6 is 0 Å². The fourth-order valence-electron chi connectivity index (χ4n) is 3.05. The third-order valence-corrected chi connectivity index (χ3v) is 4.73. The maximum atomic E-state index is 12.7. The molecule has 0 spiro atoms. The number of H-pyrrole nitrogens is 1. The van der Waals surface area contributed by atoms with Crippen LogP contribution in [0.25, 0.3) is 11.0 Å².